The second-order valence-corrected chi connectivity index (χ2v) is 4.10. The molecule has 0 unspecified atom stereocenters. The van der Waals surface area contributed by atoms with Gasteiger partial charge < -0.3 is 4.98 Å². The molecule has 17 heavy (non-hydrogen) atoms. The highest BCUT2D eigenvalue weighted by atomic mass is 16.1. The van der Waals surface area contributed by atoms with Gasteiger partial charge in [-0.25, -0.2) is 0 Å². The average molecular weight is 224 g/mol. The monoisotopic (exact) mass is 224 g/mol. The fraction of sp³-hybridized carbons (Fsp3) is 0.143. The summed E-state index contributed by atoms with van der Waals surface area (Å²) in [4.78, 5) is 14.3. The van der Waals surface area contributed by atoms with Crippen molar-refractivity contribution in [3.05, 3.63) is 57.4 Å². The molecule has 2 rings (SSSR count). The molecule has 1 aromatic heterocycles. The first kappa shape index (κ1) is 11.2. The fourth-order valence-electron chi connectivity index (χ4n) is 1.86. The first-order valence-corrected chi connectivity index (χ1v) is 5.32. The standard InChI is InChI=1S/C14H12N2O/c1-9-5-10(2)7-12(6-9)13-4-3-11(8-15)14(17)16-13/h3-7H,1-2H3,(H,16,17). The van der Waals surface area contributed by atoms with Gasteiger partial charge in [-0.1, -0.05) is 17.2 Å². The molecule has 0 aliphatic rings. The van der Waals surface area contributed by atoms with Crippen LogP contribution >= 0.6 is 0 Å². The smallest absolute Gasteiger partial charge is 0.266 e. The Bertz CT molecular complexity index is 642. The van der Waals surface area contributed by atoms with E-state index >= 15 is 0 Å². The summed E-state index contributed by atoms with van der Waals surface area (Å²) in [6.45, 7) is 4.02. The third-order valence-electron chi connectivity index (χ3n) is 2.56. The maximum Gasteiger partial charge on any atom is 0.266 e. The summed E-state index contributed by atoms with van der Waals surface area (Å²) in [7, 11) is 0. The van der Waals surface area contributed by atoms with Crippen molar-refractivity contribution >= 4 is 0 Å². The fourth-order valence-corrected chi connectivity index (χ4v) is 1.86. The zero-order valence-electron chi connectivity index (χ0n) is 9.74. The molecular formula is C14H12N2O. The number of aromatic nitrogens is 1. The maximum absolute atomic E-state index is 11.5. The third-order valence-corrected chi connectivity index (χ3v) is 2.56. The second kappa shape index (κ2) is 4.26. The van der Waals surface area contributed by atoms with Gasteiger partial charge in [0.25, 0.3) is 5.56 Å². The molecule has 0 aliphatic heterocycles. The van der Waals surface area contributed by atoms with E-state index in [0.717, 1.165) is 22.4 Å². The van der Waals surface area contributed by atoms with Crippen LogP contribution in [-0.4, -0.2) is 4.98 Å². The predicted molar refractivity (Wildman–Crippen MR) is 66.7 cm³/mol. The Morgan fingerprint density at radius 3 is 2.29 bits per heavy atom. The number of nitrogens with one attached hydrogen (secondary N) is 1. The van der Waals surface area contributed by atoms with Gasteiger partial charge in [-0.3, -0.25) is 4.79 Å². The van der Waals surface area contributed by atoms with E-state index in [0.29, 0.717) is 0 Å². The molecule has 0 bridgehead atoms. The Morgan fingerprint density at radius 1 is 1.12 bits per heavy atom. The van der Waals surface area contributed by atoms with Gasteiger partial charge in [0, 0.05) is 5.69 Å². The lowest BCUT2D eigenvalue weighted by Gasteiger charge is -2.05. The molecule has 2 aromatic rings. The lowest BCUT2D eigenvalue weighted by molar-refractivity contribution is 1.21. The van der Waals surface area contributed by atoms with Crippen LogP contribution in [0.3, 0.4) is 0 Å². The van der Waals surface area contributed by atoms with Crippen molar-refractivity contribution in [2.75, 3.05) is 0 Å². The minimum atomic E-state index is -0.343. The van der Waals surface area contributed by atoms with Gasteiger partial charge in [0.15, 0.2) is 0 Å². The number of benzene rings is 1. The minimum Gasteiger partial charge on any atom is -0.321 e. The van der Waals surface area contributed by atoms with Crippen molar-refractivity contribution in [2.24, 2.45) is 0 Å². The van der Waals surface area contributed by atoms with Crippen LogP contribution in [0.1, 0.15) is 16.7 Å². The Morgan fingerprint density at radius 2 is 1.76 bits per heavy atom. The predicted octanol–water partition coefficient (Wildman–Crippen LogP) is 2.53. The van der Waals surface area contributed by atoms with Crippen molar-refractivity contribution in [1.29, 1.82) is 5.26 Å². The molecule has 0 aliphatic carbocycles. The molecule has 0 radical (unpaired) electrons. The van der Waals surface area contributed by atoms with Crippen LogP contribution in [0.15, 0.2) is 35.1 Å². The summed E-state index contributed by atoms with van der Waals surface area (Å²) < 4.78 is 0. The Hall–Kier alpha value is -2.34. The van der Waals surface area contributed by atoms with Crippen LogP contribution in [0, 0.1) is 25.2 Å². The number of aromatic amines is 1. The van der Waals surface area contributed by atoms with Crippen LogP contribution in [0.5, 0.6) is 0 Å². The number of pyridine rings is 1. The first-order chi connectivity index (χ1) is 8.10. The summed E-state index contributed by atoms with van der Waals surface area (Å²) in [5.74, 6) is 0. The molecule has 0 spiro atoms. The van der Waals surface area contributed by atoms with Gasteiger partial charge in [0.05, 0.1) is 0 Å². The summed E-state index contributed by atoms with van der Waals surface area (Å²) in [5, 5.41) is 8.70. The second-order valence-electron chi connectivity index (χ2n) is 4.10. The molecule has 1 aromatic carbocycles. The number of rotatable bonds is 1. The molecular weight excluding hydrogens is 212 g/mol. The van der Waals surface area contributed by atoms with E-state index in [1.54, 1.807) is 12.1 Å². The molecule has 84 valence electrons. The van der Waals surface area contributed by atoms with Crippen LogP contribution < -0.4 is 5.56 Å². The summed E-state index contributed by atoms with van der Waals surface area (Å²) >= 11 is 0. The Balaban J connectivity index is 2.58. The van der Waals surface area contributed by atoms with E-state index in [4.69, 9.17) is 5.26 Å². The molecule has 0 amide bonds. The van der Waals surface area contributed by atoms with Crippen molar-refractivity contribution in [3.8, 4) is 17.3 Å². The summed E-state index contributed by atoms with van der Waals surface area (Å²) in [6, 6.07) is 11.2. The van der Waals surface area contributed by atoms with Gasteiger partial charge in [0.1, 0.15) is 11.6 Å². The SMILES string of the molecule is Cc1cc(C)cc(-c2ccc(C#N)c(=O)[nH]2)c1. The van der Waals surface area contributed by atoms with Crippen LogP contribution in [-0.2, 0) is 0 Å². The van der Waals surface area contributed by atoms with E-state index in [1.807, 2.05) is 32.0 Å². The number of hydrogen-bond acceptors (Lipinski definition) is 2. The van der Waals surface area contributed by atoms with Crippen molar-refractivity contribution in [1.82, 2.24) is 4.98 Å². The zero-order valence-corrected chi connectivity index (χ0v) is 9.74. The summed E-state index contributed by atoms with van der Waals surface area (Å²) in [6.07, 6.45) is 0. The number of nitriles is 1. The number of aryl methyl sites for hydroxylation is 2. The Kier molecular flexibility index (Phi) is 2.80. The van der Waals surface area contributed by atoms with Crippen LogP contribution in [0.4, 0.5) is 0 Å². The molecule has 1 N–H and O–H groups in total. The molecule has 0 saturated carbocycles. The molecule has 0 atom stereocenters. The van der Waals surface area contributed by atoms with Gasteiger partial charge in [-0.05, 0) is 43.7 Å². The highest BCUT2D eigenvalue weighted by Crippen LogP contribution is 2.19. The lowest BCUT2D eigenvalue weighted by atomic mass is 10.0. The van der Waals surface area contributed by atoms with E-state index in [2.05, 4.69) is 11.1 Å². The van der Waals surface area contributed by atoms with Gasteiger partial charge in [-0.2, -0.15) is 5.26 Å². The van der Waals surface area contributed by atoms with E-state index in [-0.39, 0.29) is 11.1 Å². The van der Waals surface area contributed by atoms with E-state index in [9.17, 15) is 4.79 Å². The van der Waals surface area contributed by atoms with Gasteiger partial charge >= 0.3 is 0 Å². The van der Waals surface area contributed by atoms with Crippen LogP contribution in [0.25, 0.3) is 11.3 Å². The number of H-pyrrole nitrogens is 1. The number of hydrogen-bond donors (Lipinski definition) is 1. The third kappa shape index (κ3) is 2.26. The normalized spacial score (nSPS) is 9.94. The lowest BCUT2D eigenvalue weighted by Crippen LogP contribution is -2.10. The van der Waals surface area contributed by atoms with Crippen molar-refractivity contribution in [3.63, 3.8) is 0 Å². The van der Waals surface area contributed by atoms with Gasteiger partial charge in [-0.15, -0.1) is 0 Å². The highest BCUT2D eigenvalue weighted by Gasteiger charge is 2.03. The Labute approximate surface area is 99.4 Å². The molecule has 3 heteroatoms. The van der Waals surface area contributed by atoms with Crippen molar-refractivity contribution < 1.29 is 0 Å². The first-order valence-electron chi connectivity index (χ1n) is 5.32. The summed E-state index contributed by atoms with van der Waals surface area (Å²) in [5.41, 5.74) is 3.78. The quantitative estimate of drug-likeness (QED) is 0.809. The topological polar surface area (TPSA) is 56.6 Å². The number of nitrogens with zero attached hydrogens (tertiary/aromatic N) is 1. The highest BCUT2D eigenvalue weighted by molar-refractivity contribution is 5.61. The maximum atomic E-state index is 11.5. The van der Waals surface area contributed by atoms with E-state index in [1.165, 1.54) is 0 Å². The molecule has 0 saturated heterocycles. The van der Waals surface area contributed by atoms with Crippen molar-refractivity contribution in [2.45, 2.75) is 13.8 Å². The van der Waals surface area contributed by atoms with Crippen LogP contribution in [0.2, 0.25) is 0 Å². The molecule has 1 heterocycles. The van der Waals surface area contributed by atoms with Gasteiger partial charge in [0.2, 0.25) is 0 Å². The largest absolute Gasteiger partial charge is 0.321 e. The average Bonchev–Trinajstić information content (AvgIpc) is 2.27. The van der Waals surface area contributed by atoms with E-state index < -0.39 is 0 Å². The minimum absolute atomic E-state index is 0.137. The zero-order chi connectivity index (χ0) is 12.4. The molecule has 3 nitrogen and oxygen atoms in total. The molecule has 0 fully saturated rings.